The summed E-state index contributed by atoms with van der Waals surface area (Å²) < 4.78 is 5.33. The van der Waals surface area contributed by atoms with Gasteiger partial charge in [-0.2, -0.15) is 0 Å². The van der Waals surface area contributed by atoms with Crippen molar-refractivity contribution in [1.82, 2.24) is 5.32 Å². The van der Waals surface area contributed by atoms with E-state index < -0.39 is 11.5 Å². The van der Waals surface area contributed by atoms with Crippen molar-refractivity contribution in [3.8, 4) is 5.75 Å². The number of carbonyl (C=O) groups is 2. The van der Waals surface area contributed by atoms with Gasteiger partial charge in [-0.1, -0.05) is 12.1 Å². The molecule has 5 heteroatoms. The number of ether oxygens (including phenoxy) is 1. The lowest BCUT2D eigenvalue weighted by molar-refractivity contribution is -0.131. The molecule has 5 nitrogen and oxygen atoms in total. The van der Waals surface area contributed by atoms with Crippen molar-refractivity contribution < 1.29 is 19.4 Å². The van der Waals surface area contributed by atoms with Gasteiger partial charge in [0.15, 0.2) is 0 Å². The van der Waals surface area contributed by atoms with Gasteiger partial charge in [-0.3, -0.25) is 4.79 Å². The highest BCUT2D eigenvalue weighted by atomic mass is 16.5. The number of rotatable bonds is 7. The van der Waals surface area contributed by atoms with Gasteiger partial charge in [-0.15, -0.1) is 0 Å². The van der Waals surface area contributed by atoms with Gasteiger partial charge < -0.3 is 15.2 Å². The minimum absolute atomic E-state index is 0.235. The van der Waals surface area contributed by atoms with Crippen molar-refractivity contribution in [1.29, 1.82) is 0 Å². The second kappa shape index (κ2) is 8.34. The van der Waals surface area contributed by atoms with Crippen molar-refractivity contribution in [2.45, 2.75) is 39.7 Å². The molecule has 0 heterocycles. The van der Waals surface area contributed by atoms with Crippen LogP contribution in [0.25, 0.3) is 6.08 Å². The first-order chi connectivity index (χ1) is 11.1. The van der Waals surface area contributed by atoms with Crippen LogP contribution in [0, 0.1) is 13.8 Å². The quantitative estimate of drug-likeness (QED) is 0.752. The fourth-order valence-electron chi connectivity index (χ4n) is 2.21. The highest BCUT2D eigenvalue weighted by Gasteiger charge is 2.17. The third-order valence-electron chi connectivity index (χ3n) is 3.64. The van der Waals surface area contributed by atoms with Gasteiger partial charge in [0.25, 0.3) is 0 Å². The number of aliphatic carboxylic acids is 1. The fourth-order valence-corrected chi connectivity index (χ4v) is 2.21. The molecular formula is C19H25NO4. The molecule has 0 aliphatic carbocycles. The SMILES string of the molecule is COc1cc(/C=C/C(=O)NC(C)(C)C/C=C/C(=O)O)cc(C)c1C. The van der Waals surface area contributed by atoms with Crippen molar-refractivity contribution in [3.05, 3.63) is 47.1 Å². The first kappa shape index (κ1) is 19.5. The molecule has 0 unspecified atom stereocenters. The highest BCUT2D eigenvalue weighted by Crippen LogP contribution is 2.23. The van der Waals surface area contributed by atoms with E-state index in [-0.39, 0.29) is 5.91 Å². The Kier molecular flexibility index (Phi) is 6.77. The Balaban J connectivity index is 2.75. The lowest BCUT2D eigenvalue weighted by atomic mass is 10.00. The second-order valence-corrected chi connectivity index (χ2v) is 6.32. The number of aryl methyl sites for hydroxylation is 1. The van der Waals surface area contributed by atoms with Gasteiger partial charge in [0.1, 0.15) is 5.75 Å². The van der Waals surface area contributed by atoms with E-state index in [1.165, 1.54) is 12.2 Å². The Hall–Kier alpha value is -2.56. The Morgan fingerprint density at radius 1 is 1.25 bits per heavy atom. The van der Waals surface area contributed by atoms with Gasteiger partial charge in [0, 0.05) is 17.7 Å². The van der Waals surface area contributed by atoms with Crippen LogP contribution in [0.3, 0.4) is 0 Å². The molecule has 0 saturated heterocycles. The maximum Gasteiger partial charge on any atom is 0.327 e. The molecule has 0 radical (unpaired) electrons. The van der Waals surface area contributed by atoms with E-state index in [0.29, 0.717) is 6.42 Å². The minimum atomic E-state index is -0.999. The summed E-state index contributed by atoms with van der Waals surface area (Å²) in [4.78, 5) is 22.5. The Morgan fingerprint density at radius 3 is 2.50 bits per heavy atom. The predicted molar refractivity (Wildman–Crippen MR) is 95.1 cm³/mol. The number of carbonyl (C=O) groups excluding carboxylic acids is 1. The Labute approximate surface area is 143 Å². The van der Waals surface area contributed by atoms with Crippen molar-refractivity contribution in [2.24, 2.45) is 0 Å². The van der Waals surface area contributed by atoms with E-state index in [1.807, 2.05) is 39.8 Å². The van der Waals surface area contributed by atoms with Crippen LogP contribution >= 0.6 is 0 Å². The van der Waals surface area contributed by atoms with Crippen LogP contribution in [0.2, 0.25) is 0 Å². The fraction of sp³-hybridized carbons (Fsp3) is 0.368. The molecule has 0 aliphatic heterocycles. The average molecular weight is 331 g/mol. The average Bonchev–Trinajstić information content (AvgIpc) is 2.47. The molecule has 0 aliphatic rings. The van der Waals surface area contributed by atoms with E-state index >= 15 is 0 Å². The molecule has 1 aromatic carbocycles. The number of benzene rings is 1. The molecule has 0 bridgehead atoms. The number of nitrogens with one attached hydrogen (secondary N) is 1. The number of methoxy groups -OCH3 is 1. The highest BCUT2D eigenvalue weighted by molar-refractivity contribution is 5.92. The largest absolute Gasteiger partial charge is 0.496 e. The summed E-state index contributed by atoms with van der Waals surface area (Å²) in [5.74, 6) is -0.448. The molecule has 2 N–H and O–H groups in total. The van der Waals surface area contributed by atoms with Crippen LogP contribution in [0.4, 0.5) is 0 Å². The summed E-state index contributed by atoms with van der Waals surface area (Å²) in [5.41, 5.74) is 2.52. The van der Waals surface area contributed by atoms with E-state index in [4.69, 9.17) is 9.84 Å². The van der Waals surface area contributed by atoms with Crippen LogP contribution in [0.5, 0.6) is 5.75 Å². The van der Waals surface area contributed by atoms with Gasteiger partial charge in [0.2, 0.25) is 5.91 Å². The van der Waals surface area contributed by atoms with Crippen molar-refractivity contribution >= 4 is 18.0 Å². The van der Waals surface area contributed by atoms with Gasteiger partial charge >= 0.3 is 5.97 Å². The van der Waals surface area contributed by atoms with E-state index in [1.54, 1.807) is 13.2 Å². The topological polar surface area (TPSA) is 75.6 Å². The zero-order valence-electron chi connectivity index (χ0n) is 14.8. The lowest BCUT2D eigenvalue weighted by Gasteiger charge is -2.23. The zero-order valence-corrected chi connectivity index (χ0v) is 14.8. The first-order valence-corrected chi connectivity index (χ1v) is 7.69. The third kappa shape index (κ3) is 6.28. The molecule has 24 heavy (non-hydrogen) atoms. The molecule has 1 amide bonds. The molecule has 1 rings (SSSR count). The smallest absolute Gasteiger partial charge is 0.327 e. The van der Waals surface area contributed by atoms with Gasteiger partial charge in [0.05, 0.1) is 7.11 Å². The summed E-state index contributed by atoms with van der Waals surface area (Å²) >= 11 is 0. The van der Waals surface area contributed by atoms with E-state index in [9.17, 15) is 9.59 Å². The summed E-state index contributed by atoms with van der Waals surface area (Å²) in [6.45, 7) is 7.66. The summed E-state index contributed by atoms with van der Waals surface area (Å²) in [6, 6.07) is 3.87. The third-order valence-corrected chi connectivity index (χ3v) is 3.64. The maximum atomic E-state index is 12.1. The van der Waals surface area contributed by atoms with Crippen molar-refractivity contribution in [2.75, 3.05) is 7.11 Å². The molecule has 1 aromatic rings. The lowest BCUT2D eigenvalue weighted by Crippen LogP contribution is -2.42. The monoisotopic (exact) mass is 331 g/mol. The number of carboxylic acids is 1. The summed E-state index contributed by atoms with van der Waals surface area (Å²) in [6.07, 6.45) is 6.22. The van der Waals surface area contributed by atoms with Crippen LogP contribution < -0.4 is 10.1 Å². The molecule has 0 saturated carbocycles. The van der Waals surface area contributed by atoms with E-state index in [0.717, 1.165) is 28.5 Å². The van der Waals surface area contributed by atoms with Gasteiger partial charge in [-0.05, 0) is 62.9 Å². The van der Waals surface area contributed by atoms with Crippen LogP contribution in [0.1, 0.15) is 37.0 Å². The predicted octanol–water partition coefficient (Wildman–Crippen LogP) is 3.25. The number of hydrogen-bond donors (Lipinski definition) is 2. The first-order valence-electron chi connectivity index (χ1n) is 7.69. The van der Waals surface area contributed by atoms with Crippen LogP contribution in [0.15, 0.2) is 30.4 Å². The summed E-state index contributed by atoms with van der Waals surface area (Å²) in [7, 11) is 1.62. The Bertz CT molecular complexity index is 672. The molecule has 130 valence electrons. The molecule has 0 fully saturated rings. The number of carboxylic acid groups (broad SMARTS) is 1. The van der Waals surface area contributed by atoms with Gasteiger partial charge in [-0.25, -0.2) is 4.79 Å². The normalized spacial score (nSPS) is 11.9. The van der Waals surface area contributed by atoms with Crippen LogP contribution in [-0.4, -0.2) is 29.6 Å². The molecular weight excluding hydrogens is 306 g/mol. The molecule has 0 atom stereocenters. The van der Waals surface area contributed by atoms with Crippen LogP contribution in [-0.2, 0) is 9.59 Å². The second-order valence-electron chi connectivity index (χ2n) is 6.32. The standard InChI is InChI=1S/C19H25NO4/c1-13-11-15(12-16(24-5)14(13)2)8-9-17(21)20-19(3,4)10-6-7-18(22)23/h6-9,11-12H,10H2,1-5H3,(H,20,21)(H,22,23)/b7-6+,9-8+. The Morgan fingerprint density at radius 2 is 1.92 bits per heavy atom. The number of hydrogen-bond acceptors (Lipinski definition) is 3. The summed E-state index contributed by atoms with van der Waals surface area (Å²) in [5, 5.41) is 11.4. The maximum absolute atomic E-state index is 12.1. The van der Waals surface area contributed by atoms with E-state index in [2.05, 4.69) is 5.32 Å². The molecule has 0 aromatic heterocycles. The number of amides is 1. The molecule has 0 spiro atoms. The van der Waals surface area contributed by atoms with Crippen molar-refractivity contribution in [3.63, 3.8) is 0 Å². The minimum Gasteiger partial charge on any atom is -0.496 e. The zero-order chi connectivity index (χ0) is 18.3.